The Morgan fingerprint density at radius 2 is 1.75 bits per heavy atom. The molecule has 4 saturated carbocycles. The van der Waals surface area contributed by atoms with E-state index >= 15 is 0 Å². The Hall–Kier alpha value is -1.25. The first-order valence-corrected chi connectivity index (χ1v) is 8.23. The number of pyridine rings is 1. The summed E-state index contributed by atoms with van der Waals surface area (Å²) in [6, 6.07) is 3.89. The van der Waals surface area contributed by atoms with Gasteiger partial charge in [0.1, 0.15) is 5.82 Å². The highest BCUT2D eigenvalue weighted by molar-refractivity contribution is 5.45. The van der Waals surface area contributed by atoms with E-state index in [1.54, 1.807) is 6.42 Å². The summed E-state index contributed by atoms with van der Waals surface area (Å²) in [6.07, 6.45) is 10.8. The average molecular weight is 271 g/mol. The minimum atomic E-state index is 0.594. The van der Waals surface area contributed by atoms with Crippen LogP contribution in [-0.2, 0) is 0 Å². The normalized spacial score (nSPS) is 38.1. The molecule has 4 bridgehead atoms. The van der Waals surface area contributed by atoms with Crippen LogP contribution in [0.15, 0.2) is 18.3 Å². The maximum Gasteiger partial charge on any atom is 0.123 e. The predicted molar refractivity (Wildman–Crippen MR) is 82.3 cm³/mol. The molecule has 0 spiro atoms. The van der Waals surface area contributed by atoms with Crippen molar-refractivity contribution in [3.05, 3.63) is 18.3 Å². The fraction of sp³-hybridized carbons (Fsp3) is 0.706. The Labute approximate surface area is 121 Å². The minimum Gasteiger partial charge on any atom is -0.384 e. The van der Waals surface area contributed by atoms with E-state index in [-0.39, 0.29) is 0 Å². The quantitative estimate of drug-likeness (QED) is 0.880. The van der Waals surface area contributed by atoms with Crippen LogP contribution in [0.5, 0.6) is 0 Å². The molecule has 0 aromatic carbocycles. The van der Waals surface area contributed by atoms with E-state index in [2.05, 4.69) is 10.3 Å². The van der Waals surface area contributed by atoms with Crippen LogP contribution in [0, 0.1) is 29.6 Å². The van der Waals surface area contributed by atoms with E-state index in [1.807, 2.05) is 18.3 Å². The molecule has 4 aliphatic rings. The Kier molecular flexibility index (Phi) is 3.08. The van der Waals surface area contributed by atoms with Crippen molar-refractivity contribution in [1.82, 2.24) is 4.98 Å². The average Bonchev–Trinajstić information content (AvgIpc) is 2.43. The van der Waals surface area contributed by atoms with E-state index in [0.29, 0.717) is 5.82 Å². The van der Waals surface area contributed by atoms with Gasteiger partial charge in [-0.3, -0.25) is 0 Å². The van der Waals surface area contributed by atoms with Crippen LogP contribution >= 0.6 is 0 Å². The third-order valence-corrected chi connectivity index (χ3v) is 6.02. The third kappa shape index (κ3) is 2.27. The van der Waals surface area contributed by atoms with E-state index in [9.17, 15) is 0 Å². The summed E-state index contributed by atoms with van der Waals surface area (Å²) in [5.74, 6) is 5.83. The van der Waals surface area contributed by atoms with Gasteiger partial charge in [-0.2, -0.15) is 0 Å². The van der Waals surface area contributed by atoms with Gasteiger partial charge in [-0.1, -0.05) is 0 Å². The highest BCUT2D eigenvalue weighted by atomic mass is 14.9. The summed E-state index contributed by atoms with van der Waals surface area (Å²) in [5, 5.41) is 3.51. The van der Waals surface area contributed by atoms with Crippen molar-refractivity contribution < 1.29 is 0 Å². The van der Waals surface area contributed by atoms with Crippen LogP contribution < -0.4 is 11.1 Å². The number of hydrogen-bond donors (Lipinski definition) is 2. The van der Waals surface area contributed by atoms with Crippen LogP contribution in [0.3, 0.4) is 0 Å². The number of anilines is 2. The van der Waals surface area contributed by atoms with Gasteiger partial charge in [0.2, 0.25) is 0 Å². The molecule has 0 saturated heterocycles. The first-order chi connectivity index (χ1) is 9.78. The summed E-state index contributed by atoms with van der Waals surface area (Å²) < 4.78 is 0. The molecule has 3 nitrogen and oxygen atoms in total. The van der Waals surface area contributed by atoms with Crippen LogP contribution in [0.2, 0.25) is 0 Å². The lowest BCUT2D eigenvalue weighted by atomic mass is 9.51. The SMILES string of the molecule is Nc1ccc(NCCC2C3CC4CC(C3)CC2C4)cn1. The van der Waals surface area contributed by atoms with E-state index in [4.69, 9.17) is 5.73 Å². The van der Waals surface area contributed by atoms with Gasteiger partial charge in [0, 0.05) is 6.54 Å². The van der Waals surface area contributed by atoms with Crippen molar-refractivity contribution in [3.8, 4) is 0 Å². The molecule has 0 atom stereocenters. The van der Waals surface area contributed by atoms with E-state index in [0.717, 1.165) is 41.8 Å². The molecule has 0 unspecified atom stereocenters. The molecule has 1 aromatic heterocycles. The molecule has 0 amide bonds. The molecule has 20 heavy (non-hydrogen) atoms. The molecule has 108 valence electrons. The van der Waals surface area contributed by atoms with Gasteiger partial charge in [0.15, 0.2) is 0 Å². The Bertz CT molecular complexity index is 440. The van der Waals surface area contributed by atoms with Gasteiger partial charge in [-0.05, 0) is 80.2 Å². The number of nitrogen functional groups attached to an aromatic ring is 1. The van der Waals surface area contributed by atoms with Crippen molar-refractivity contribution in [2.75, 3.05) is 17.6 Å². The number of aromatic nitrogens is 1. The minimum absolute atomic E-state index is 0.594. The van der Waals surface area contributed by atoms with Crippen LogP contribution in [0.1, 0.15) is 38.5 Å². The van der Waals surface area contributed by atoms with Crippen molar-refractivity contribution in [1.29, 1.82) is 0 Å². The number of nitrogens with one attached hydrogen (secondary N) is 1. The molecule has 3 heteroatoms. The molecule has 1 aromatic rings. The number of nitrogens with two attached hydrogens (primary N) is 1. The summed E-state index contributed by atoms with van der Waals surface area (Å²) in [5.41, 5.74) is 6.71. The van der Waals surface area contributed by atoms with Crippen molar-refractivity contribution in [2.24, 2.45) is 29.6 Å². The first-order valence-electron chi connectivity index (χ1n) is 8.23. The Morgan fingerprint density at radius 1 is 1.05 bits per heavy atom. The maximum absolute atomic E-state index is 5.61. The smallest absolute Gasteiger partial charge is 0.123 e. The van der Waals surface area contributed by atoms with Gasteiger partial charge in [-0.25, -0.2) is 4.98 Å². The van der Waals surface area contributed by atoms with E-state index in [1.165, 1.54) is 32.1 Å². The van der Waals surface area contributed by atoms with Crippen molar-refractivity contribution in [3.63, 3.8) is 0 Å². The van der Waals surface area contributed by atoms with E-state index < -0.39 is 0 Å². The van der Waals surface area contributed by atoms with Gasteiger partial charge < -0.3 is 11.1 Å². The zero-order valence-corrected chi connectivity index (χ0v) is 12.1. The summed E-state index contributed by atoms with van der Waals surface area (Å²) in [4.78, 5) is 4.13. The molecule has 4 aliphatic carbocycles. The van der Waals surface area contributed by atoms with Crippen LogP contribution in [-0.4, -0.2) is 11.5 Å². The summed E-state index contributed by atoms with van der Waals surface area (Å²) in [7, 11) is 0. The standard InChI is InChI=1S/C17H25N3/c18-17-2-1-15(10-20-17)19-4-3-16-13-6-11-5-12(8-13)9-14(16)7-11/h1-2,10-14,16,19H,3-9H2,(H2,18,20). The van der Waals surface area contributed by atoms with Crippen molar-refractivity contribution >= 4 is 11.5 Å². The molecule has 0 radical (unpaired) electrons. The lowest BCUT2D eigenvalue weighted by Gasteiger charge is -2.54. The molecule has 5 rings (SSSR count). The number of nitrogens with zero attached hydrogens (tertiary/aromatic N) is 1. The fourth-order valence-corrected chi connectivity index (χ4v) is 5.40. The van der Waals surface area contributed by atoms with Crippen LogP contribution in [0.4, 0.5) is 11.5 Å². The largest absolute Gasteiger partial charge is 0.384 e. The predicted octanol–water partition coefficient (Wildman–Crippen LogP) is 3.54. The fourth-order valence-electron chi connectivity index (χ4n) is 5.40. The lowest BCUT2D eigenvalue weighted by molar-refractivity contribution is -0.0381. The number of hydrogen-bond acceptors (Lipinski definition) is 3. The van der Waals surface area contributed by atoms with Crippen molar-refractivity contribution in [2.45, 2.75) is 38.5 Å². The first kappa shape index (κ1) is 12.5. The summed E-state index contributed by atoms with van der Waals surface area (Å²) >= 11 is 0. The second-order valence-electron chi connectivity index (χ2n) is 7.28. The highest BCUT2D eigenvalue weighted by Crippen LogP contribution is 2.57. The molecular formula is C17H25N3. The van der Waals surface area contributed by atoms with Gasteiger partial charge in [0.25, 0.3) is 0 Å². The lowest BCUT2D eigenvalue weighted by Crippen LogP contribution is -2.45. The topological polar surface area (TPSA) is 50.9 Å². The monoisotopic (exact) mass is 271 g/mol. The highest BCUT2D eigenvalue weighted by Gasteiger charge is 2.47. The summed E-state index contributed by atoms with van der Waals surface area (Å²) in [6.45, 7) is 1.08. The van der Waals surface area contributed by atoms with Gasteiger partial charge in [-0.15, -0.1) is 0 Å². The molecule has 0 aliphatic heterocycles. The third-order valence-electron chi connectivity index (χ3n) is 6.02. The molecule has 3 N–H and O–H groups in total. The number of rotatable bonds is 4. The molecular weight excluding hydrogens is 246 g/mol. The Balaban J connectivity index is 1.32. The molecule has 4 fully saturated rings. The van der Waals surface area contributed by atoms with Gasteiger partial charge >= 0.3 is 0 Å². The van der Waals surface area contributed by atoms with Gasteiger partial charge in [0.05, 0.1) is 11.9 Å². The van der Waals surface area contributed by atoms with Crippen LogP contribution in [0.25, 0.3) is 0 Å². The molecule has 1 heterocycles. The Morgan fingerprint density at radius 3 is 2.35 bits per heavy atom. The zero-order chi connectivity index (χ0) is 13.5. The second-order valence-corrected chi connectivity index (χ2v) is 7.28. The zero-order valence-electron chi connectivity index (χ0n) is 12.1. The maximum atomic E-state index is 5.61. The second kappa shape index (κ2) is 4.94.